The van der Waals surface area contributed by atoms with Crippen LogP contribution in [0, 0.1) is 0 Å². The smallest absolute Gasteiger partial charge is 0.307 e. The lowest BCUT2D eigenvalue weighted by molar-refractivity contribution is -0.136. The highest BCUT2D eigenvalue weighted by molar-refractivity contribution is 6.42. The molecule has 1 heterocycles. The fourth-order valence-corrected chi connectivity index (χ4v) is 4.12. The first-order chi connectivity index (χ1) is 15.7. The van der Waals surface area contributed by atoms with Crippen molar-refractivity contribution in [2.24, 2.45) is 0 Å². The van der Waals surface area contributed by atoms with Gasteiger partial charge in [0.1, 0.15) is 0 Å². The first kappa shape index (κ1) is 24.8. The van der Waals surface area contributed by atoms with Crippen LogP contribution in [0.2, 0.25) is 10.0 Å². The van der Waals surface area contributed by atoms with E-state index in [9.17, 15) is 14.7 Å². The summed E-state index contributed by atoms with van der Waals surface area (Å²) in [7, 11) is 0. The highest BCUT2D eigenvalue weighted by Gasteiger charge is 2.22. The number of aromatic nitrogens is 2. The number of aliphatic carboxylic acids is 1. The number of nitrogens with zero attached hydrogens (tertiary/aromatic N) is 2. The van der Waals surface area contributed by atoms with Crippen molar-refractivity contribution >= 4 is 40.8 Å². The van der Waals surface area contributed by atoms with E-state index >= 15 is 0 Å². The first-order valence-electron chi connectivity index (χ1n) is 10.8. The molecule has 2 N–H and O–H groups in total. The lowest BCUT2D eigenvalue weighted by atomic mass is 9.99. The molecule has 0 aliphatic rings. The van der Waals surface area contributed by atoms with Crippen LogP contribution in [-0.4, -0.2) is 26.8 Å². The zero-order valence-corrected chi connectivity index (χ0v) is 20.4. The number of nitrogens with one attached hydrogen (secondary N) is 1. The summed E-state index contributed by atoms with van der Waals surface area (Å²) in [5.74, 6) is -0.990. The number of rotatable bonds is 9. The average molecular weight is 488 g/mol. The number of carboxylic acids is 1. The Bertz CT molecular complexity index is 1150. The second-order valence-corrected chi connectivity index (χ2v) is 9.04. The fourth-order valence-electron chi connectivity index (χ4n) is 3.82. The predicted octanol–water partition coefficient (Wildman–Crippen LogP) is 6.19. The van der Waals surface area contributed by atoms with Crippen molar-refractivity contribution in [1.29, 1.82) is 0 Å². The molecule has 2 aromatic carbocycles. The molecule has 0 saturated heterocycles. The van der Waals surface area contributed by atoms with E-state index in [0.29, 0.717) is 27.8 Å². The molecule has 1 amide bonds. The van der Waals surface area contributed by atoms with Gasteiger partial charge in [-0.25, -0.2) is 0 Å². The maximum absolute atomic E-state index is 12.5. The van der Waals surface area contributed by atoms with Gasteiger partial charge in [0, 0.05) is 22.5 Å². The van der Waals surface area contributed by atoms with E-state index in [2.05, 4.69) is 26.1 Å². The molecule has 174 valence electrons. The summed E-state index contributed by atoms with van der Waals surface area (Å²) in [5.41, 5.74) is 4.70. The van der Waals surface area contributed by atoms with Gasteiger partial charge in [0.15, 0.2) is 0 Å². The van der Waals surface area contributed by atoms with E-state index in [0.717, 1.165) is 35.4 Å². The van der Waals surface area contributed by atoms with Crippen molar-refractivity contribution in [3.63, 3.8) is 0 Å². The summed E-state index contributed by atoms with van der Waals surface area (Å²) in [4.78, 5) is 23.9. The fraction of sp³-hybridized carbons (Fsp3) is 0.320. The van der Waals surface area contributed by atoms with Crippen molar-refractivity contribution in [1.82, 2.24) is 9.78 Å². The Hall–Kier alpha value is -2.83. The van der Waals surface area contributed by atoms with Crippen LogP contribution in [0.1, 0.15) is 66.0 Å². The van der Waals surface area contributed by atoms with Gasteiger partial charge in [0.25, 0.3) is 5.91 Å². The first-order valence-corrected chi connectivity index (χ1v) is 11.6. The summed E-state index contributed by atoms with van der Waals surface area (Å²) in [6, 6.07) is 12.2. The van der Waals surface area contributed by atoms with Gasteiger partial charge in [-0.2, -0.15) is 5.10 Å². The summed E-state index contributed by atoms with van der Waals surface area (Å²) >= 11 is 11.9. The van der Waals surface area contributed by atoms with Crippen LogP contribution >= 0.6 is 23.2 Å². The molecule has 8 heteroatoms. The Morgan fingerprint density at radius 2 is 1.79 bits per heavy atom. The minimum absolute atomic E-state index is 0.0253. The Kier molecular flexibility index (Phi) is 8.16. The van der Waals surface area contributed by atoms with Crippen LogP contribution < -0.4 is 5.32 Å². The van der Waals surface area contributed by atoms with E-state index in [-0.39, 0.29) is 18.2 Å². The zero-order valence-electron chi connectivity index (χ0n) is 18.9. The Morgan fingerprint density at radius 1 is 1.09 bits per heavy atom. The second-order valence-electron chi connectivity index (χ2n) is 8.22. The number of benzene rings is 2. The standard InChI is InChI=1S/C25H27Cl2N3O3/c1-4-5-22-19(13-23(31)32)24(15(2)3)30(29-22)14-16-6-9-18(10-7-16)28-25(33)17-8-11-20(26)21(27)12-17/h6-12,15H,4-5,13-14H2,1-3H3,(H,28,33)(H,31,32). The van der Waals surface area contributed by atoms with Crippen LogP contribution in [0.5, 0.6) is 0 Å². The van der Waals surface area contributed by atoms with Crippen LogP contribution in [-0.2, 0) is 24.2 Å². The summed E-state index contributed by atoms with van der Waals surface area (Å²) in [6.45, 7) is 6.68. The topological polar surface area (TPSA) is 84.2 Å². The minimum atomic E-state index is -0.851. The van der Waals surface area contributed by atoms with Gasteiger partial charge in [0.05, 0.1) is 28.7 Å². The third-order valence-electron chi connectivity index (χ3n) is 5.26. The number of carbonyl (C=O) groups is 2. The third kappa shape index (κ3) is 6.15. The van der Waals surface area contributed by atoms with E-state index in [1.54, 1.807) is 12.1 Å². The molecule has 3 aromatic rings. The van der Waals surface area contributed by atoms with Crippen LogP contribution in [0.15, 0.2) is 42.5 Å². The van der Waals surface area contributed by atoms with Crippen molar-refractivity contribution in [3.05, 3.63) is 80.6 Å². The summed E-state index contributed by atoms with van der Waals surface area (Å²) < 4.78 is 1.91. The molecule has 0 saturated carbocycles. The molecule has 0 fully saturated rings. The number of hydrogen-bond donors (Lipinski definition) is 2. The Morgan fingerprint density at radius 3 is 2.36 bits per heavy atom. The lowest BCUT2D eigenvalue weighted by Gasteiger charge is -2.13. The monoisotopic (exact) mass is 487 g/mol. The lowest BCUT2D eigenvalue weighted by Crippen LogP contribution is -2.12. The SMILES string of the molecule is CCCc1nn(Cc2ccc(NC(=O)c3ccc(Cl)c(Cl)c3)cc2)c(C(C)C)c1CC(=O)O. The summed E-state index contributed by atoms with van der Waals surface area (Å²) in [6.07, 6.45) is 1.62. The molecule has 1 aromatic heterocycles. The molecule has 33 heavy (non-hydrogen) atoms. The van der Waals surface area contributed by atoms with E-state index in [1.807, 2.05) is 28.9 Å². The highest BCUT2D eigenvalue weighted by Crippen LogP contribution is 2.26. The van der Waals surface area contributed by atoms with Crippen LogP contribution in [0.4, 0.5) is 5.69 Å². The van der Waals surface area contributed by atoms with Crippen LogP contribution in [0.25, 0.3) is 0 Å². The molecular weight excluding hydrogens is 461 g/mol. The largest absolute Gasteiger partial charge is 0.481 e. The zero-order chi connectivity index (χ0) is 24.1. The third-order valence-corrected chi connectivity index (χ3v) is 6.00. The van der Waals surface area contributed by atoms with Gasteiger partial charge in [0.2, 0.25) is 0 Å². The van der Waals surface area contributed by atoms with Crippen LogP contribution in [0.3, 0.4) is 0 Å². The van der Waals surface area contributed by atoms with Gasteiger partial charge < -0.3 is 10.4 Å². The second kappa shape index (κ2) is 10.9. The normalized spacial score (nSPS) is 11.1. The Balaban J connectivity index is 1.79. The van der Waals surface area contributed by atoms with Gasteiger partial charge in [-0.3, -0.25) is 14.3 Å². The van der Waals surface area contributed by atoms with Gasteiger partial charge in [-0.15, -0.1) is 0 Å². The number of carbonyl (C=O) groups excluding carboxylic acids is 1. The molecule has 0 aliphatic carbocycles. The maximum atomic E-state index is 12.5. The maximum Gasteiger partial charge on any atom is 0.307 e. The molecular formula is C25H27Cl2N3O3. The Labute approximate surface area is 203 Å². The van der Waals surface area contributed by atoms with E-state index < -0.39 is 5.97 Å². The number of halogens is 2. The summed E-state index contributed by atoms with van der Waals surface area (Å²) in [5, 5.41) is 17.7. The molecule has 0 aliphatic heterocycles. The van der Waals surface area contributed by atoms with Crippen molar-refractivity contribution < 1.29 is 14.7 Å². The number of amides is 1. The molecule has 3 rings (SSSR count). The number of hydrogen-bond acceptors (Lipinski definition) is 3. The quantitative estimate of drug-likeness (QED) is 0.376. The highest BCUT2D eigenvalue weighted by atomic mass is 35.5. The molecule has 0 unspecified atom stereocenters. The van der Waals surface area contributed by atoms with Gasteiger partial charge >= 0.3 is 5.97 Å². The van der Waals surface area contributed by atoms with Crippen molar-refractivity contribution in [2.45, 2.75) is 52.5 Å². The average Bonchev–Trinajstić information content (AvgIpc) is 3.07. The van der Waals surface area contributed by atoms with Crippen molar-refractivity contribution in [2.75, 3.05) is 5.32 Å². The molecule has 0 spiro atoms. The number of carboxylic acid groups (broad SMARTS) is 1. The van der Waals surface area contributed by atoms with Crippen molar-refractivity contribution in [3.8, 4) is 0 Å². The predicted molar refractivity (Wildman–Crippen MR) is 132 cm³/mol. The molecule has 6 nitrogen and oxygen atoms in total. The van der Waals surface area contributed by atoms with Gasteiger partial charge in [-0.1, -0.05) is 62.5 Å². The minimum Gasteiger partial charge on any atom is -0.481 e. The number of aryl methyl sites for hydroxylation is 1. The van der Waals surface area contributed by atoms with E-state index in [1.165, 1.54) is 6.07 Å². The molecule has 0 radical (unpaired) electrons. The number of anilines is 1. The molecule has 0 bridgehead atoms. The van der Waals surface area contributed by atoms with Gasteiger partial charge in [-0.05, 0) is 48.2 Å². The van der Waals surface area contributed by atoms with E-state index in [4.69, 9.17) is 28.3 Å². The molecule has 0 atom stereocenters.